The monoisotopic (exact) mass is 196 g/mol. The number of carbonyl (C=O) groups is 1. The van der Waals surface area contributed by atoms with Crippen molar-refractivity contribution in [1.82, 2.24) is 0 Å². The van der Waals surface area contributed by atoms with Crippen LogP contribution in [-0.2, 0) is 9.53 Å². The van der Waals surface area contributed by atoms with E-state index in [1.807, 2.05) is 6.92 Å². The molecule has 2 rings (SSSR count). The first-order chi connectivity index (χ1) is 6.49. The molecule has 0 amide bonds. The van der Waals surface area contributed by atoms with Gasteiger partial charge in [0.15, 0.2) is 5.78 Å². The number of aliphatic hydroxyl groups is 1. The zero-order valence-electron chi connectivity index (χ0n) is 8.67. The van der Waals surface area contributed by atoms with Gasteiger partial charge in [-0.1, -0.05) is 6.92 Å². The van der Waals surface area contributed by atoms with E-state index in [1.54, 1.807) is 6.92 Å². The van der Waals surface area contributed by atoms with Crippen molar-refractivity contribution in [2.75, 3.05) is 0 Å². The molecular weight excluding hydrogens is 180 g/mol. The largest absolute Gasteiger partial charge is 0.467 e. The van der Waals surface area contributed by atoms with Crippen LogP contribution in [0.4, 0.5) is 0 Å². The van der Waals surface area contributed by atoms with Gasteiger partial charge in [-0.3, -0.25) is 4.79 Å². The number of hydrogen-bond acceptors (Lipinski definition) is 3. The molecule has 0 fully saturated rings. The summed E-state index contributed by atoms with van der Waals surface area (Å²) in [5.41, 5.74) is 0.822. The van der Waals surface area contributed by atoms with Crippen molar-refractivity contribution in [3.8, 4) is 0 Å². The minimum atomic E-state index is -1.09. The lowest BCUT2D eigenvalue weighted by Crippen LogP contribution is -2.38. The van der Waals surface area contributed by atoms with Gasteiger partial charge in [0, 0.05) is 31.8 Å². The summed E-state index contributed by atoms with van der Waals surface area (Å²) in [7, 11) is 0. The lowest BCUT2D eigenvalue weighted by molar-refractivity contribution is -0.186. The standard InChI is InChI=1S/C11H16O3/c1-7-6-11(2,13)14-9-5-3-4-8(12)10(7)9/h7,13H,3-6H2,1-2H3. The molecule has 1 heterocycles. The number of hydrogen-bond donors (Lipinski definition) is 1. The smallest absolute Gasteiger partial charge is 0.205 e. The van der Waals surface area contributed by atoms with Crippen LogP contribution in [0, 0.1) is 5.92 Å². The summed E-state index contributed by atoms with van der Waals surface area (Å²) < 4.78 is 5.43. The van der Waals surface area contributed by atoms with Crippen LogP contribution in [0.3, 0.4) is 0 Å². The Morgan fingerprint density at radius 1 is 1.50 bits per heavy atom. The summed E-state index contributed by atoms with van der Waals surface area (Å²) in [5, 5.41) is 9.80. The average Bonchev–Trinajstić information content (AvgIpc) is 2.00. The molecular formula is C11H16O3. The van der Waals surface area contributed by atoms with E-state index >= 15 is 0 Å². The maximum Gasteiger partial charge on any atom is 0.205 e. The average molecular weight is 196 g/mol. The second-order valence-corrected chi connectivity index (χ2v) is 4.50. The number of ketones is 1. The molecule has 1 aliphatic carbocycles. The SMILES string of the molecule is CC1CC(C)(O)OC2=C1C(=O)CCC2. The van der Waals surface area contributed by atoms with E-state index in [2.05, 4.69) is 0 Å². The topological polar surface area (TPSA) is 46.5 Å². The summed E-state index contributed by atoms with van der Waals surface area (Å²) >= 11 is 0. The Kier molecular flexibility index (Phi) is 2.14. The number of Topliss-reactive ketones (excluding diaryl/α,β-unsaturated/α-hetero) is 1. The van der Waals surface area contributed by atoms with Gasteiger partial charge in [-0.05, 0) is 12.3 Å². The normalized spacial score (nSPS) is 37.9. The number of carbonyl (C=O) groups excluding carboxylic acids is 1. The molecule has 0 aromatic carbocycles. The van der Waals surface area contributed by atoms with Crippen molar-refractivity contribution in [1.29, 1.82) is 0 Å². The zero-order valence-corrected chi connectivity index (χ0v) is 8.67. The van der Waals surface area contributed by atoms with E-state index in [1.165, 1.54) is 0 Å². The quantitative estimate of drug-likeness (QED) is 0.642. The highest BCUT2D eigenvalue weighted by Gasteiger charge is 2.38. The molecule has 1 aliphatic heterocycles. The van der Waals surface area contributed by atoms with Gasteiger partial charge in [-0.25, -0.2) is 0 Å². The van der Waals surface area contributed by atoms with Crippen molar-refractivity contribution < 1.29 is 14.6 Å². The predicted molar refractivity (Wildman–Crippen MR) is 51.4 cm³/mol. The van der Waals surface area contributed by atoms with Crippen LogP contribution in [0.5, 0.6) is 0 Å². The molecule has 0 aromatic rings. The highest BCUT2D eigenvalue weighted by Crippen LogP contribution is 2.39. The molecule has 1 N–H and O–H groups in total. The highest BCUT2D eigenvalue weighted by molar-refractivity contribution is 5.97. The minimum absolute atomic E-state index is 0.126. The molecule has 3 nitrogen and oxygen atoms in total. The van der Waals surface area contributed by atoms with Crippen molar-refractivity contribution in [2.45, 2.75) is 45.3 Å². The Bertz CT molecular complexity index is 302. The molecule has 0 radical (unpaired) electrons. The maximum absolute atomic E-state index is 11.6. The molecule has 0 spiro atoms. The lowest BCUT2D eigenvalue weighted by atomic mass is 9.82. The summed E-state index contributed by atoms with van der Waals surface area (Å²) in [6, 6.07) is 0. The second-order valence-electron chi connectivity index (χ2n) is 4.50. The van der Waals surface area contributed by atoms with E-state index < -0.39 is 5.79 Å². The molecule has 0 aromatic heterocycles. The third-order valence-corrected chi connectivity index (χ3v) is 2.93. The Hall–Kier alpha value is -0.830. The van der Waals surface area contributed by atoms with Gasteiger partial charge >= 0.3 is 0 Å². The van der Waals surface area contributed by atoms with Gasteiger partial charge in [-0.15, -0.1) is 0 Å². The summed E-state index contributed by atoms with van der Waals surface area (Å²) in [4.78, 5) is 11.6. The van der Waals surface area contributed by atoms with Crippen molar-refractivity contribution >= 4 is 5.78 Å². The fourth-order valence-corrected chi connectivity index (χ4v) is 2.47. The van der Waals surface area contributed by atoms with E-state index in [4.69, 9.17) is 4.74 Å². The van der Waals surface area contributed by atoms with Gasteiger partial charge in [0.1, 0.15) is 5.76 Å². The molecule has 0 bridgehead atoms. The van der Waals surface area contributed by atoms with Crippen LogP contribution in [0.2, 0.25) is 0 Å². The van der Waals surface area contributed by atoms with Crippen LogP contribution in [0.15, 0.2) is 11.3 Å². The van der Waals surface area contributed by atoms with Crippen LogP contribution in [0.1, 0.15) is 39.5 Å². The summed E-state index contributed by atoms with van der Waals surface area (Å²) in [5.74, 6) is -0.0311. The van der Waals surface area contributed by atoms with E-state index in [9.17, 15) is 9.90 Å². The van der Waals surface area contributed by atoms with Crippen molar-refractivity contribution in [3.05, 3.63) is 11.3 Å². The molecule has 0 saturated carbocycles. The van der Waals surface area contributed by atoms with Gasteiger partial charge < -0.3 is 9.84 Å². The number of allylic oxidation sites excluding steroid dienone is 2. The van der Waals surface area contributed by atoms with Gasteiger partial charge in [-0.2, -0.15) is 0 Å². The first kappa shape index (κ1) is 9.71. The molecule has 14 heavy (non-hydrogen) atoms. The highest BCUT2D eigenvalue weighted by atomic mass is 16.6. The van der Waals surface area contributed by atoms with E-state index in [0.717, 1.165) is 24.2 Å². The molecule has 0 saturated heterocycles. The summed E-state index contributed by atoms with van der Waals surface area (Å²) in [6.45, 7) is 3.64. The Balaban J connectivity index is 2.36. The molecule has 2 aliphatic rings. The fraction of sp³-hybridized carbons (Fsp3) is 0.727. The lowest BCUT2D eigenvalue weighted by Gasteiger charge is -2.37. The van der Waals surface area contributed by atoms with Crippen LogP contribution < -0.4 is 0 Å². The fourth-order valence-electron chi connectivity index (χ4n) is 2.47. The molecule has 2 atom stereocenters. The number of rotatable bonds is 0. The number of ether oxygens (including phenoxy) is 1. The Labute approximate surface area is 83.8 Å². The zero-order chi connectivity index (χ0) is 10.3. The van der Waals surface area contributed by atoms with Crippen LogP contribution in [0.25, 0.3) is 0 Å². The third-order valence-electron chi connectivity index (χ3n) is 2.93. The van der Waals surface area contributed by atoms with E-state index in [-0.39, 0.29) is 11.7 Å². The van der Waals surface area contributed by atoms with Gasteiger partial charge in [0.05, 0.1) is 0 Å². The van der Waals surface area contributed by atoms with Crippen LogP contribution >= 0.6 is 0 Å². The van der Waals surface area contributed by atoms with Gasteiger partial charge in [0.25, 0.3) is 0 Å². The molecule has 3 heteroatoms. The van der Waals surface area contributed by atoms with Crippen molar-refractivity contribution in [2.24, 2.45) is 5.92 Å². The van der Waals surface area contributed by atoms with Crippen molar-refractivity contribution in [3.63, 3.8) is 0 Å². The van der Waals surface area contributed by atoms with Crippen LogP contribution in [-0.4, -0.2) is 16.7 Å². The first-order valence-electron chi connectivity index (χ1n) is 5.17. The predicted octanol–water partition coefficient (Wildman–Crippen LogP) is 1.76. The minimum Gasteiger partial charge on any atom is -0.467 e. The molecule has 78 valence electrons. The Morgan fingerprint density at radius 3 is 2.93 bits per heavy atom. The maximum atomic E-state index is 11.6. The Morgan fingerprint density at radius 2 is 2.21 bits per heavy atom. The van der Waals surface area contributed by atoms with Gasteiger partial charge in [0.2, 0.25) is 5.79 Å². The van der Waals surface area contributed by atoms with E-state index in [0.29, 0.717) is 12.8 Å². The summed E-state index contributed by atoms with van der Waals surface area (Å²) in [6.07, 6.45) is 2.79. The third kappa shape index (κ3) is 1.57. The molecule has 2 unspecified atom stereocenters. The first-order valence-corrected chi connectivity index (χ1v) is 5.17. The second kappa shape index (κ2) is 3.09.